The molecule has 0 N–H and O–H groups in total. The van der Waals surface area contributed by atoms with Gasteiger partial charge in [-0.3, -0.25) is 0 Å². The Kier molecular flexibility index (Phi) is 4.65. The van der Waals surface area contributed by atoms with E-state index in [2.05, 4.69) is 0 Å². The molecule has 0 saturated heterocycles. The van der Waals surface area contributed by atoms with Crippen LogP contribution in [0.1, 0.15) is 18.1 Å². The number of halogens is 1. The normalized spacial score (nSPS) is 11.3. The zero-order valence-electron chi connectivity index (χ0n) is 9.99. The van der Waals surface area contributed by atoms with E-state index >= 15 is 0 Å². The maximum atomic E-state index is 11.2. The second kappa shape index (κ2) is 5.60. The van der Waals surface area contributed by atoms with Gasteiger partial charge < -0.3 is 9.47 Å². The Morgan fingerprint density at radius 2 is 1.88 bits per heavy atom. The first-order valence-electron chi connectivity index (χ1n) is 5.07. The van der Waals surface area contributed by atoms with E-state index in [1.54, 1.807) is 12.1 Å². The van der Waals surface area contributed by atoms with Crippen LogP contribution in [0.4, 0.5) is 0 Å². The molecule has 1 aromatic carbocycles. The topological polar surface area (TPSA) is 52.6 Å². The Hall–Kier alpha value is -0.940. The van der Waals surface area contributed by atoms with E-state index in [1.807, 2.05) is 6.92 Å². The fraction of sp³-hybridized carbons (Fsp3) is 0.455. The van der Waals surface area contributed by atoms with Crippen LogP contribution in [0.2, 0.25) is 0 Å². The van der Waals surface area contributed by atoms with E-state index in [9.17, 15) is 8.42 Å². The molecule has 0 aliphatic carbocycles. The van der Waals surface area contributed by atoms with E-state index in [-0.39, 0.29) is 5.75 Å². The fourth-order valence-corrected chi connectivity index (χ4v) is 2.67. The minimum absolute atomic E-state index is 0.231. The van der Waals surface area contributed by atoms with Gasteiger partial charge in [0.25, 0.3) is 0 Å². The number of benzene rings is 1. The van der Waals surface area contributed by atoms with Crippen molar-refractivity contribution in [2.75, 3.05) is 14.2 Å². The summed E-state index contributed by atoms with van der Waals surface area (Å²) in [7, 11) is 4.73. The van der Waals surface area contributed by atoms with Gasteiger partial charge >= 0.3 is 0 Å². The Morgan fingerprint density at radius 3 is 2.29 bits per heavy atom. The Bertz CT molecular complexity index is 496. The summed E-state index contributed by atoms with van der Waals surface area (Å²) in [6.07, 6.45) is 0.662. The first-order valence-corrected chi connectivity index (χ1v) is 7.55. The third kappa shape index (κ3) is 3.78. The van der Waals surface area contributed by atoms with Crippen LogP contribution in [0, 0.1) is 0 Å². The highest BCUT2D eigenvalue weighted by atomic mass is 35.7. The van der Waals surface area contributed by atoms with Crippen molar-refractivity contribution in [3.63, 3.8) is 0 Å². The first kappa shape index (κ1) is 14.1. The molecule has 0 radical (unpaired) electrons. The van der Waals surface area contributed by atoms with Gasteiger partial charge in [-0.1, -0.05) is 6.92 Å². The van der Waals surface area contributed by atoms with Gasteiger partial charge in [0.05, 0.1) is 20.0 Å². The van der Waals surface area contributed by atoms with E-state index in [1.165, 1.54) is 14.2 Å². The van der Waals surface area contributed by atoms with E-state index < -0.39 is 9.05 Å². The summed E-state index contributed by atoms with van der Waals surface area (Å²) in [6.45, 7) is 1.93. The maximum Gasteiger partial charge on any atom is 0.236 e. The standard InChI is InChI=1S/C11H15ClO4S/c1-4-10-8(7-17(12,13)14)5-9(15-2)6-11(10)16-3/h5-6H,4,7H2,1-3H3. The van der Waals surface area contributed by atoms with Crippen LogP contribution in [0.5, 0.6) is 11.5 Å². The lowest BCUT2D eigenvalue weighted by Crippen LogP contribution is -2.03. The molecule has 0 aromatic heterocycles. The van der Waals surface area contributed by atoms with Gasteiger partial charge in [-0.25, -0.2) is 8.42 Å². The highest BCUT2D eigenvalue weighted by Crippen LogP contribution is 2.30. The molecule has 1 aromatic rings. The van der Waals surface area contributed by atoms with Gasteiger partial charge in [-0.2, -0.15) is 0 Å². The van der Waals surface area contributed by atoms with E-state index in [4.69, 9.17) is 20.2 Å². The summed E-state index contributed by atoms with van der Waals surface area (Å²) in [6, 6.07) is 3.39. The highest BCUT2D eigenvalue weighted by molar-refractivity contribution is 8.13. The second-order valence-corrected chi connectivity index (χ2v) is 6.28. The van der Waals surface area contributed by atoms with Crippen molar-refractivity contribution in [1.29, 1.82) is 0 Å². The van der Waals surface area contributed by atoms with Crippen LogP contribution in [0.25, 0.3) is 0 Å². The third-order valence-electron chi connectivity index (χ3n) is 2.41. The number of hydrogen-bond acceptors (Lipinski definition) is 4. The van der Waals surface area contributed by atoms with Crippen molar-refractivity contribution in [2.45, 2.75) is 19.1 Å². The van der Waals surface area contributed by atoms with Crippen molar-refractivity contribution >= 4 is 19.7 Å². The van der Waals surface area contributed by atoms with Gasteiger partial charge in [0.1, 0.15) is 11.5 Å². The van der Waals surface area contributed by atoms with E-state index in [0.29, 0.717) is 23.5 Å². The number of methoxy groups -OCH3 is 2. The average molecular weight is 279 g/mol. The van der Waals surface area contributed by atoms with Crippen molar-refractivity contribution < 1.29 is 17.9 Å². The highest BCUT2D eigenvalue weighted by Gasteiger charge is 2.16. The third-order valence-corrected chi connectivity index (χ3v) is 3.40. The minimum atomic E-state index is -3.60. The lowest BCUT2D eigenvalue weighted by molar-refractivity contribution is 0.390. The fourth-order valence-electron chi connectivity index (χ4n) is 1.69. The van der Waals surface area contributed by atoms with Crippen LogP contribution < -0.4 is 9.47 Å². The molecule has 4 nitrogen and oxygen atoms in total. The molecular weight excluding hydrogens is 264 g/mol. The zero-order chi connectivity index (χ0) is 13.1. The van der Waals surface area contributed by atoms with Crippen LogP contribution in [-0.4, -0.2) is 22.6 Å². The molecule has 0 spiro atoms. The maximum absolute atomic E-state index is 11.2. The lowest BCUT2D eigenvalue weighted by Gasteiger charge is -2.13. The molecule has 96 valence electrons. The predicted molar refractivity (Wildman–Crippen MR) is 67.4 cm³/mol. The quantitative estimate of drug-likeness (QED) is 0.776. The summed E-state index contributed by atoms with van der Waals surface area (Å²) in [5.74, 6) is 0.933. The molecule has 1 rings (SSSR count). The van der Waals surface area contributed by atoms with Crippen LogP contribution >= 0.6 is 10.7 Å². The molecule has 0 heterocycles. The summed E-state index contributed by atoms with van der Waals surface area (Å²) in [5.41, 5.74) is 1.44. The van der Waals surface area contributed by atoms with Crippen LogP contribution in [-0.2, 0) is 21.2 Å². The molecule has 0 amide bonds. The Morgan fingerprint density at radius 1 is 1.24 bits per heavy atom. The molecule has 6 heteroatoms. The molecular formula is C11H15ClO4S. The SMILES string of the molecule is CCc1c(CS(=O)(=O)Cl)cc(OC)cc1OC. The molecule has 0 saturated carbocycles. The molecule has 0 atom stereocenters. The van der Waals surface area contributed by atoms with Crippen molar-refractivity contribution in [3.05, 3.63) is 23.3 Å². The summed E-state index contributed by atoms with van der Waals surface area (Å²) < 4.78 is 32.6. The predicted octanol–water partition coefficient (Wildman–Crippen LogP) is 2.33. The molecule has 0 bridgehead atoms. The number of rotatable bonds is 5. The Balaban J connectivity index is 3.34. The van der Waals surface area contributed by atoms with Gasteiger partial charge in [0.2, 0.25) is 9.05 Å². The van der Waals surface area contributed by atoms with Gasteiger partial charge in [0, 0.05) is 16.7 Å². The molecule has 0 aliphatic heterocycles. The lowest BCUT2D eigenvalue weighted by atomic mass is 10.0. The minimum Gasteiger partial charge on any atom is -0.497 e. The monoisotopic (exact) mass is 278 g/mol. The zero-order valence-corrected chi connectivity index (χ0v) is 11.6. The smallest absolute Gasteiger partial charge is 0.236 e. The van der Waals surface area contributed by atoms with Crippen molar-refractivity contribution in [2.24, 2.45) is 0 Å². The van der Waals surface area contributed by atoms with E-state index in [0.717, 1.165) is 5.56 Å². The molecule has 17 heavy (non-hydrogen) atoms. The van der Waals surface area contributed by atoms with Gasteiger partial charge in [-0.05, 0) is 23.6 Å². The average Bonchev–Trinajstić information content (AvgIpc) is 2.25. The van der Waals surface area contributed by atoms with Gasteiger partial charge in [0.15, 0.2) is 0 Å². The van der Waals surface area contributed by atoms with Crippen molar-refractivity contribution in [3.8, 4) is 11.5 Å². The largest absolute Gasteiger partial charge is 0.497 e. The summed E-state index contributed by atoms with van der Waals surface area (Å²) >= 11 is 0. The summed E-state index contributed by atoms with van der Waals surface area (Å²) in [5, 5.41) is 0. The molecule has 0 aliphatic rings. The van der Waals surface area contributed by atoms with Crippen LogP contribution in [0.15, 0.2) is 12.1 Å². The van der Waals surface area contributed by atoms with Crippen LogP contribution in [0.3, 0.4) is 0 Å². The molecule has 0 unspecified atom stereocenters. The number of hydrogen-bond donors (Lipinski definition) is 0. The summed E-state index contributed by atoms with van der Waals surface area (Å²) in [4.78, 5) is 0. The first-order chi connectivity index (χ1) is 7.91. The molecule has 0 fully saturated rings. The second-order valence-electron chi connectivity index (χ2n) is 3.50. The number of ether oxygens (including phenoxy) is 2. The Labute approximate surface area is 106 Å². The van der Waals surface area contributed by atoms with Gasteiger partial charge in [-0.15, -0.1) is 0 Å². The van der Waals surface area contributed by atoms with Crippen molar-refractivity contribution in [1.82, 2.24) is 0 Å².